The van der Waals surface area contributed by atoms with Crippen LogP contribution in [0.1, 0.15) is 21.3 Å². The molecule has 1 amide bonds. The van der Waals surface area contributed by atoms with E-state index in [4.69, 9.17) is 0 Å². The Morgan fingerprint density at radius 2 is 2.12 bits per heavy atom. The van der Waals surface area contributed by atoms with Crippen molar-refractivity contribution in [3.8, 4) is 0 Å². The van der Waals surface area contributed by atoms with Crippen LogP contribution in [0.5, 0.6) is 0 Å². The lowest BCUT2D eigenvalue weighted by atomic mass is 10.1. The fourth-order valence-electron chi connectivity index (χ4n) is 3.00. The van der Waals surface area contributed by atoms with Gasteiger partial charge in [-0.15, -0.1) is 21.5 Å². The fourth-order valence-corrected chi connectivity index (χ4v) is 4.00. The maximum absolute atomic E-state index is 13.4. The van der Waals surface area contributed by atoms with Gasteiger partial charge in [-0.05, 0) is 36.6 Å². The largest absolute Gasteiger partial charge is 0.480 e. The highest BCUT2D eigenvalue weighted by molar-refractivity contribution is 7.20. The van der Waals surface area contributed by atoms with E-state index in [9.17, 15) is 19.1 Å². The maximum Gasteiger partial charge on any atom is 0.328 e. The normalized spacial score (nSPS) is 16.9. The number of halogens is 1. The molecule has 0 fully saturated rings. The number of carbonyl (C=O) groups excluding carboxylic acids is 1. The highest BCUT2D eigenvalue weighted by Gasteiger charge is 2.37. The molecule has 1 unspecified atom stereocenters. The minimum absolute atomic E-state index is 0.0687. The van der Waals surface area contributed by atoms with Crippen LogP contribution in [0.25, 0.3) is 10.1 Å². The van der Waals surface area contributed by atoms with Crippen molar-refractivity contribution in [2.45, 2.75) is 26.1 Å². The SMILES string of the molecule is Cc1nnc2n1CC(C(=O)O)N(C(=O)c1cc3cc(F)ccc3s1)C2. The van der Waals surface area contributed by atoms with Gasteiger partial charge in [-0.3, -0.25) is 4.79 Å². The highest BCUT2D eigenvalue weighted by Crippen LogP contribution is 2.29. The Balaban J connectivity index is 1.72. The molecule has 0 spiro atoms. The van der Waals surface area contributed by atoms with E-state index in [-0.39, 0.29) is 18.9 Å². The average Bonchev–Trinajstić information content (AvgIpc) is 3.16. The fraction of sp³-hybridized carbons (Fsp3) is 0.250. The number of hydrogen-bond donors (Lipinski definition) is 1. The zero-order valence-electron chi connectivity index (χ0n) is 13.1. The van der Waals surface area contributed by atoms with Crippen molar-refractivity contribution < 1.29 is 19.1 Å². The molecule has 128 valence electrons. The van der Waals surface area contributed by atoms with Crippen molar-refractivity contribution >= 4 is 33.3 Å². The molecule has 0 saturated carbocycles. The van der Waals surface area contributed by atoms with Gasteiger partial charge in [-0.25, -0.2) is 9.18 Å². The van der Waals surface area contributed by atoms with Crippen LogP contribution in [0.4, 0.5) is 4.39 Å². The van der Waals surface area contributed by atoms with Gasteiger partial charge in [0.2, 0.25) is 0 Å². The lowest BCUT2D eigenvalue weighted by molar-refractivity contribution is -0.143. The monoisotopic (exact) mass is 360 g/mol. The number of thiophene rings is 1. The van der Waals surface area contributed by atoms with Crippen molar-refractivity contribution in [2.24, 2.45) is 0 Å². The van der Waals surface area contributed by atoms with Gasteiger partial charge in [0, 0.05) is 4.70 Å². The Labute approximate surface area is 145 Å². The molecular formula is C16H13FN4O3S. The summed E-state index contributed by atoms with van der Waals surface area (Å²) in [6, 6.07) is 4.88. The molecule has 4 rings (SSSR count). The van der Waals surface area contributed by atoms with E-state index in [0.29, 0.717) is 21.9 Å². The quantitative estimate of drug-likeness (QED) is 0.756. The number of aromatic nitrogens is 3. The number of fused-ring (bicyclic) bond motifs is 2. The smallest absolute Gasteiger partial charge is 0.328 e. The van der Waals surface area contributed by atoms with Crippen molar-refractivity contribution in [1.29, 1.82) is 0 Å². The first kappa shape index (κ1) is 15.7. The van der Waals surface area contributed by atoms with Crippen LogP contribution in [0.15, 0.2) is 24.3 Å². The molecule has 3 aromatic rings. The molecule has 1 atom stereocenters. The van der Waals surface area contributed by atoms with Gasteiger partial charge in [-0.2, -0.15) is 0 Å². The summed E-state index contributed by atoms with van der Waals surface area (Å²) in [5.74, 6) is -0.699. The van der Waals surface area contributed by atoms with Gasteiger partial charge < -0.3 is 14.6 Å². The van der Waals surface area contributed by atoms with Crippen LogP contribution < -0.4 is 0 Å². The molecule has 9 heteroatoms. The third kappa shape index (κ3) is 2.56. The van der Waals surface area contributed by atoms with Crippen LogP contribution in [0.3, 0.4) is 0 Å². The topological polar surface area (TPSA) is 88.3 Å². The minimum Gasteiger partial charge on any atom is -0.480 e. The predicted molar refractivity (Wildman–Crippen MR) is 87.8 cm³/mol. The van der Waals surface area contributed by atoms with Crippen LogP contribution in [0.2, 0.25) is 0 Å². The molecule has 1 aliphatic rings. The Morgan fingerprint density at radius 3 is 2.88 bits per heavy atom. The number of hydrogen-bond acceptors (Lipinski definition) is 5. The number of rotatable bonds is 2. The van der Waals surface area contributed by atoms with Crippen LogP contribution in [0, 0.1) is 12.7 Å². The third-order valence-corrected chi connectivity index (χ3v) is 5.39. The van der Waals surface area contributed by atoms with Gasteiger partial charge in [0.25, 0.3) is 5.91 Å². The highest BCUT2D eigenvalue weighted by atomic mass is 32.1. The molecule has 1 aromatic carbocycles. The first-order valence-corrected chi connectivity index (χ1v) is 8.37. The van der Waals surface area contributed by atoms with Crippen LogP contribution in [-0.4, -0.2) is 42.7 Å². The van der Waals surface area contributed by atoms with Crippen molar-refractivity contribution in [3.63, 3.8) is 0 Å². The van der Waals surface area contributed by atoms with E-state index < -0.39 is 17.9 Å². The summed E-state index contributed by atoms with van der Waals surface area (Å²) in [6.45, 7) is 1.92. The van der Waals surface area contributed by atoms with E-state index in [1.807, 2.05) is 0 Å². The number of carbonyl (C=O) groups is 2. The van der Waals surface area contributed by atoms with E-state index >= 15 is 0 Å². The molecule has 1 N–H and O–H groups in total. The van der Waals surface area contributed by atoms with Gasteiger partial charge in [0.15, 0.2) is 5.82 Å². The summed E-state index contributed by atoms with van der Waals surface area (Å²) in [4.78, 5) is 26.2. The second kappa shape index (κ2) is 5.62. The number of aliphatic carboxylic acids is 1. The Hall–Kier alpha value is -2.81. The second-order valence-corrected chi connectivity index (χ2v) is 6.94. The number of benzene rings is 1. The first-order chi connectivity index (χ1) is 11.9. The third-order valence-electron chi connectivity index (χ3n) is 4.29. The second-order valence-electron chi connectivity index (χ2n) is 5.85. The molecular weight excluding hydrogens is 347 g/mol. The van der Waals surface area contributed by atoms with E-state index in [2.05, 4.69) is 10.2 Å². The minimum atomic E-state index is -1.08. The molecule has 0 radical (unpaired) electrons. The average molecular weight is 360 g/mol. The summed E-state index contributed by atoms with van der Waals surface area (Å²) in [5.41, 5.74) is 0. The van der Waals surface area contributed by atoms with Gasteiger partial charge in [0.05, 0.1) is 18.0 Å². The maximum atomic E-state index is 13.4. The number of amides is 1. The molecule has 2 aromatic heterocycles. The van der Waals surface area contributed by atoms with Crippen LogP contribution in [-0.2, 0) is 17.9 Å². The van der Waals surface area contributed by atoms with E-state index in [1.54, 1.807) is 23.6 Å². The summed E-state index contributed by atoms with van der Waals surface area (Å²) in [5, 5.41) is 18.1. The Kier molecular flexibility index (Phi) is 3.53. The first-order valence-electron chi connectivity index (χ1n) is 7.55. The number of aryl methyl sites for hydroxylation is 1. The molecule has 0 saturated heterocycles. The zero-order chi connectivity index (χ0) is 17.7. The van der Waals surface area contributed by atoms with E-state index in [0.717, 1.165) is 4.70 Å². The van der Waals surface area contributed by atoms with Crippen molar-refractivity contribution in [1.82, 2.24) is 19.7 Å². The van der Waals surface area contributed by atoms with Crippen molar-refractivity contribution in [3.05, 3.63) is 46.6 Å². The Bertz CT molecular complexity index is 1010. The number of carboxylic acid groups (broad SMARTS) is 1. The van der Waals surface area contributed by atoms with Crippen molar-refractivity contribution in [2.75, 3.05) is 0 Å². The summed E-state index contributed by atoms with van der Waals surface area (Å²) in [6.07, 6.45) is 0. The standard InChI is InChI=1S/C16H13FN4O3S/c1-8-18-19-14-7-21(11(16(23)24)6-20(8)14)15(22)13-5-9-4-10(17)2-3-12(9)25-13/h2-5,11H,6-7H2,1H3,(H,23,24). The predicted octanol–water partition coefficient (Wildman–Crippen LogP) is 2.05. The molecule has 0 aliphatic carbocycles. The van der Waals surface area contributed by atoms with Gasteiger partial charge in [-0.1, -0.05) is 0 Å². The Morgan fingerprint density at radius 1 is 1.32 bits per heavy atom. The lowest BCUT2D eigenvalue weighted by Crippen LogP contribution is -2.50. The van der Waals surface area contributed by atoms with E-state index in [1.165, 1.54) is 28.4 Å². The molecule has 25 heavy (non-hydrogen) atoms. The zero-order valence-corrected chi connectivity index (χ0v) is 14.0. The summed E-state index contributed by atoms with van der Waals surface area (Å²) < 4.78 is 15.8. The van der Waals surface area contributed by atoms with Crippen LogP contribution >= 0.6 is 11.3 Å². The van der Waals surface area contributed by atoms with Gasteiger partial charge in [0.1, 0.15) is 17.7 Å². The van der Waals surface area contributed by atoms with Gasteiger partial charge >= 0.3 is 5.97 Å². The molecule has 1 aliphatic heterocycles. The summed E-state index contributed by atoms with van der Waals surface area (Å²) >= 11 is 1.21. The molecule has 7 nitrogen and oxygen atoms in total. The number of carboxylic acids is 1. The summed E-state index contributed by atoms with van der Waals surface area (Å²) in [7, 11) is 0. The molecule has 0 bridgehead atoms. The molecule has 3 heterocycles. The number of nitrogens with zero attached hydrogens (tertiary/aromatic N) is 4. The lowest BCUT2D eigenvalue weighted by Gasteiger charge is -2.33.